The minimum absolute atomic E-state index is 0.634. The van der Waals surface area contributed by atoms with E-state index in [0.717, 1.165) is 11.3 Å². The van der Waals surface area contributed by atoms with Crippen molar-refractivity contribution in [3.63, 3.8) is 0 Å². The van der Waals surface area contributed by atoms with E-state index in [4.69, 9.17) is 5.26 Å². The van der Waals surface area contributed by atoms with Gasteiger partial charge >= 0.3 is 0 Å². The summed E-state index contributed by atoms with van der Waals surface area (Å²) in [5.74, 6) is 0. The maximum atomic E-state index is 8.90. The highest BCUT2D eigenvalue weighted by molar-refractivity contribution is 5.71. The second-order valence-corrected chi connectivity index (χ2v) is 4.03. The topological polar surface area (TPSA) is 54.0 Å². The summed E-state index contributed by atoms with van der Waals surface area (Å²) in [5.41, 5.74) is 2.41. The second kappa shape index (κ2) is 6.86. The molecule has 0 unspecified atom stereocenters. The zero-order valence-electron chi connectivity index (χ0n) is 11.1. The minimum Gasteiger partial charge on any atom is -0.312 e. The van der Waals surface area contributed by atoms with Crippen LogP contribution in [0.2, 0.25) is 0 Å². The molecule has 20 heavy (non-hydrogen) atoms. The van der Waals surface area contributed by atoms with E-state index in [2.05, 4.69) is 16.0 Å². The first-order valence-electron chi connectivity index (χ1n) is 6.13. The Morgan fingerprint density at radius 3 is 3.00 bits per heavy atom. The standard InChI is InChI=1S/C16H14N4/c1-18-8-3-2-4-9-20-12-16(19-13-20)15-7-5-6-14(10-15)11-17/h2-10,12-13H,1H3/b3-2-,9-4+,18-8?. The Hall–Kier alpha value is -2.93. The summed E-state index contributed by atoms with van der Waals surface area (Å²) in [6.07, 6.45) is 12.9. The lowest BCUT2D eigenvalue weighted by molar-refractivity contribution is 1.14. The van der Waals surface area contributed by atoms with Crippen LogP contribution in [0.4, 0.5) is 0 Å². The van der Waals surface area contributed by atoms with Crippen LogP contribution in [0, 0.1) is 11.3 Å². The first kappa shape index (κ1) is 13.5. The molecule has 0 saturated heterocycles. The average Bonchev–Trinajstić information content (AvgIpc) is 2.96. The van der Waals surface area contributed by atoms with Gasteiger partial charge in [-0.15, -0.1) is 0 Å². The highest BCUT2D eigenvalue weighted by Gasteiger charge is 2.01. The molecule has 1 aromatic carbocycles. The molecule has 0 aliphatic rings. The van der Waals surface area contributed by atoms with E-state index < -0.39 is 0 Å². The molecular formula is C16H14N4. The predicted octanol–water partition coefficient (Wildman–Crippen LogP) is 3.15. The maximum Gasteiger partial charge on any atom is 0.0994 e. The normalized spacial score (nSPS) is 11.6. The molecule has 0 radical (unpaired) electrons. The molecule has 0 fully saturated rings. The van der Waals surface area contributed by atoms with Crippen molar-refractivity contribution < 1.29 is 0 Å². The molecule has 4 nitrogen and oxygen atoms in total. The summed E-state index contributed by atoms with van der Waals surface area (Å²) in [7, 11) is 1.73. The molecule has 0 amide bonds. The zero-order chi connectivity index (χ0) is 14.2. The van der Waals surface area contributed by atoms with Crippen LogP contribution in [0.15, 0.2) is 60.0 Å². The van der Waals surface area contributed by atoms with Crippen LogP contribution in [0.25, 0.3) is 17.5 Å². The third kappa shape index (κ3) is 3.53. The average molecular weight is 262 g/mol. The van der Waals surface area contributed by atoms with Crippen LogP contribution in [-0.4, -0.2) is 22.8 Å². The van der Waals surface area contributed by atoms with Crippen molar-refractivity contribution in [3.8, 4) is 17.3 Å². The molecule has 1 heterocycles. The number of hydrogen-bond donors (Lipinski definition) is 0. The Balaban J connectivity index is 2.14. The molecule has 0 aliphatic heterocycles. The summed E-state index contributed by atoms with van der Waals surface area (Å²) in [6.45, 7) is 0. The highest BCUT2D eigenvalue weighted by Crippen LogP contribution is 2.18. The van der Waals surface area contributed by atoms with Crippen LogP contribution in [0.3, 0.4) is 0 Å². The number of nitriles is 1. The van der Waals surface area contributed by atoms with Gasteiger partial charge in [-0.3, -0.25) is 4.99 Å². The number of benzene rings is 1. The lowest BCUT2D eigenvalue weighted by atomic mass is 10.1. The molecular weight excluding hydrogens is 248 g/mol. The molecule has 98 valence electrons. The minimum atomic E-state index is 0.634. The van der Waals surface area contributed by atoms with Gasteiger partial charge in [0, 0.05) is 31.2 Å². The fraction of sp³-hybridized carbons (Fsp3) is 0.0625. The zero-order valence-corrected chi connectivity index (χ0v) is 11.1. The van der Waals surface area contributed by atoms with Gasteiger partial charge in [-0.2, -0.15) is 5.26 Å². The van der Waals surface area contributed by atoms with Crippen molar-refractivity contribution in [1.29, 1.82) is 5.26 Å². The summed E-state index contributed by atoms with van der Waals surface area (Å²) in [4.78, 5) is 8.18. The first-order valence-corrected chi connectivity index (χ1v) is 6.13. The van der Waals surface area contributed by atoms with Gasteiger partial charge in [-0.05, 0) is 24.3 Å². The van der Waals surface area contributed by atoms with E-state index in [1.807, 2.05) is 53.4 Å². The molecule has 0 bridgehead atoms. The molecule has 2 rings (SSSR count). The van der Waals surface area contributed by atoms with E-state index in [1.54, 1.807) is 25.7 Å². The number of aromatic nitrogens is 2. The van der Waals surface area contributed by atoms with Crippen molar-refractivity contribution in [3.05, 3.63) is 60.6 Å². The van der Waals surface area contributed by atoms with Crippen molar-refractivity contribution in [2.24, 2.45) is 4.99 Å². The fourth-order valence-electron chi connectivity index (χ4n) is 1.66. The Morgan fingerprint density at radius 2 is 2.20 bits per heavy atom. The number of allylic oxidation sites excluding steroid dienone is 3. The van der Waals surface area contributed by atoms with Crippen LogP contribution < -0.4 is 0 Å². The smallest absolute Gasteiger partial charge is 0.0994 e. The molecule has 1 aromatic heterocycles. The molecule has 0 spiro atoms. The Morgan fingerprint density at radius 1 is 1.30 bits per heavy atom. The molecule has 4 heteroatoms. The van der Waals surface area contributed by atoms with Crippen molar-refractivity contribution >= 4 is 12.4 Å². The van der Waals surface area contributed by atoms with Gasteiger partial charge < -0.3 is 4.57 Å². The van der Waals surface area contributed by atoms with Crippen molar-refractivity contribution in [2.75, 3.05) is 7.05 Å². The Labute approximate surface area is 118 Å². The van der Waals surface area contributed by atoms with E-state index in [0.29, 0.717) is 5.56 Å². The van der Waals surface area contributed by atoms with E-state index in [1.165, 1.54) is 0 Å². The largest absolute Gasteiger partial charge is 0.312 e. The van der Waals surface area contributed by atoms with Crippen LogP contribution in [0.5, 0.6) is 0 Å². The van der Waals surface area contributed by atoms with E-state index in [-0.39, 0.29) is 0 Å². The van der Waals surface area contributed by atoms with E-state index >= 15 is 0 Å². The number of rotatable bonds is 4. The van der Waals surface area contributed by atoms with Gasteiger partial charge in [0.05, 0.1) is 23.7 Å². The van der Waals surface area contributed by atoms with Gasteiger partial charge in [0.2, 0.25) is 0 Å². The lowest BCUT2D eigenvalue weighted by Gasteiger charge is -1.96. The third-order valence-electron chi connectivity index (χ3n) is 2.60. The van der Waals surface area contributed by atoms with Crippen LogP contribution in [0.1, 0.15) is 5.56 Å². The number of aliphatic imine (C=N–C) groups is 1. The third-order valence-corrected chi connectivity index (χ3v) is 2.60. The SMILES string of the molecule is CN=C/C=C\C=C\n1cnc(-c2cccc(C#N)c2)c1. The van der Waals surface area contributed by atoms with Gasteiger partial charge in [-0.1, -0.05) is 18.2 Å². The summed E-state index contributed by atoms with van der Waals surface area (Å²) in [6, 6.07) is 9.53. The first-order chi connectivity index (χ1) is 9.83. The molecule has 0 atom stereocenters. The van der Waals surface area contributed by atoms with Crippen LogP contribution in [-0.2, 0) is 0 Å². The summed E-state index contributed by atoms with van der Waals surface area (Å²) < 4.78 is 1.86. The second-order valence-electron chi connectivity index (χ2n) is 4.03. The van der Waals surface area contributed by atoms with Gasteiger partial charge in [0.15, 0.2) is 0 Å². The molecule has 2 aromatic rings. The maximum absolute atomic E-state index is 8.90. The van der Waals surface area contributed by atoms with Gasteiger partial charge in [-0.25, -0.2) is 4.98 Å². The molecule has 0 N–H and O–H groups in total. The lowest BCUT2D eigenvalue weighted by Crippen LogP contribution is -1.80. The van der Waals surface area contributed by atoms with Crippen molar-refractivity contribution in [2.45, 2.75) is 0 Å². The van der Waals surface area contributed by atoms with E-state index in [9.17, 15) is 0 Å². The monoisotopic (exact) mass is 262 g/mol. The van der Waals surface area contributed by atoms with Crippen molar-refractivity contribution in [1.82, 2.24) is 9.55 Å². The molecule has 0 saturated carbocycles. The molecule has 0 aliphatic carbocycles. The van der Waals surface area contributed by atoms with Gasteiger partial charge in [0.25, 0.3) is 0 Å². The van der Waals surface area contributed by atoms with Gasteiger partial charge in [0.1, 0.15) is 0 Å². The summed E-state index contributed by atoms with van der Waals surface area (Å²) >= 11 is 0. The van der Waals surface area contributed by atoms with Crippen LogP contribution >= 0.6 is 0 Å². The highest BCUT2D eigenvalue weighted by atomic mass is 15.0. The number of nitrogens with zero attached hydrogens (tertiary/aromatic N) is 4. The quantitative estimate of drug-likeness (QED) is 0.627. The number of imidazole rings is 1. The number of hydrogen-bond acceptors (Lipinski definition) is 3. The Bertz CT molecular complexity index is 699. The Kier molecular flexibility index (Phi) is 4.63. The fourth-order valence-corrected chi connectivity index (χ4v) is 1.66. The predicted molar refractivity (Wildman–Crippen MR) is 81.3 cm³/mol. The summed E-state index contributed by atoms with van der Waals surface area (Å²) in [5, 5.41) is 8.90.